The number of benzene rings is 1. The minimum Gasteiger partial charge on any atom is -0.261 e. The SMILES string of the molecule is FC(F)(F)c1ccc(NN=Cc2cccc(C(F)(F)F)c2)nc1. The number of nitrogens with one attached hydrogen (secondary N) is 1. The van der Waals surface area contributed by atoms with Crippen LogP contribution in [0.15, 0.2) is 47.7 Å². The molecule has 0 atom stereocenters. The highest BCUT2D eigenvalue weighted by Gasteiger charge is 2.31. The van der Waals surface area contributed by atoms with Crippen molar-refractivity contribution < 1.29 is 26.3 Å². The van der Waals surface area contributed by atoms with Gasteiger partial charge in [-0.05, 0) is 29.8 Å². The van der Waals surface area contributed by atoms with E-state index in [0.717, 1.165) is 30.5 Å². The first-order valence-corrected chi connectivity index (χ1v) is 6.16. The van der Waals surface area contributed by atoms with Crippen LogP contribution in [0.3, 0.4) is 0 Å². The average molecular weight is 333 g/mol. The second-order valence-electron chi connectivity index (χ2n) is 4.42. The predicted molar refractivity (Wildman–Crippen MR) is 71.9 cm³/mol. The normalized spacial score (nSPS) is 12.6. The zero-order valence-corrected chi connectivity index (χ0v) is 11.3. The third-order valence-electron chi connectivity index (χ3n) is 2.70. The van der Waals surface area contributed by atoms with Crippen LogP contribution in [0.5, 0.6) is 0 Å². The summed E-state index contributed by atoms with van der Waals surface area (Å²) >= 11 is 0. The molecule has 0 amide bonds. The fourth-order valence-corrected chi connectivity index (χ4v) is 1.60. The lowest BCUT2D eigenvalue weighted by Crippen LogP contribution is -2.06. The van der Waals surface area contributed by atoms with E-state index in [2.05, 4.69) is 15.5 Å². The number of aromatic nitrogens is 1. The molecule has 0 aliphatic heterocycles. The fraction of sp³-hybridized carbons (Fsp3) is 0.143. The second-order valence-corrected chi connectivity index (χ2v) is 4.42. The molecule has 1 N–H and O–H groups in total. The maximum Gasteiger partial charge on any atom is 0.417 e. The number of pyridine rings is 1. The number of anilines is 1. The van der Waals surface area contributed by atoms with E-state index in [0.29, 0.717) is 6.20 Å². The van der Waals surface area contributed by atoms with E-state index in [1.54, 1.807) is 0 Å². The highest BCUT2D eigenvalue weighted by molar-refractivity contribution is 5.80. The summed E-state index contributed by atoms with van der Waals surface area (Å²) in [6.07, 6.45) is -7.23. The van der Waals surface area contributed by atoms with E-state index < -0.39 is 23.5 Å². The number of halogens is 6. The maximum atomic E-state index is 12.5. The number of hydrogen-bond acceptors (Lipinski definition) is 3. The van der Waals surface area contributed by atoms with Crippen molar-refractivity contribution in [2.75, 3.05) is 5.43 Å². The van der Waals surface area contributed by atoms with Crippen molar-refractivity contribution in [2.24, 2.45) is 5.10 Å². The molecule has 0 saturated heterocycles. The highest BCUT2D eigenvalue weighted by atomic mass is 19.4. The Morgan fingerprint density at radius 2 is 1.61 bits per heavy atom. The Hall–Kier alpha value is -2.58. The third kappa shape index (κ3) is 4.70. The number of alkyl halides is 6. The molecule has 122 valence electrons. The molecule has 0 bridgehead atoms. The van der Waals surface area contributed by atoms with E-state index in [-0.39, 0.29) is 11.4 Å². The monoisotopic (exact) mass is 333 g/mol. The van der Waals surface area contributed by atoms with Gasteiger partial charge in [0.15, 0.2) is 0 Å². The molecule has 0 radical (unpaired) electrons. The molecular formula is C14H9F6N3. The van der Waals surface area contributed by atoms with Crippen LogP contribution in [0, 0.1) is 0 Å². The zero-order valence-electron chi connectivity index (χ0n) is 11.3. The van der Waals surface area contributed by atoms with Crippen molar-refractivity contribution in [3.63, 3.8) is 0 Å². The van der Waals surface area contributed by atoms with Crippen LogP contribution >= 0.6 is 0 Å². The number of nitrogens with zero attached hydrogens (tertiary/aromatic N) is 2. The lowest BCUT2D eigenvalue weighted by Gasteiger charge is -2.07. The molecule has 0 spiro atoms. The maximum absolute atomic E-state index is 12.5. The summed E-state index contributed by atoms with van der Waals surface area (Å²) in [6, 6.07) is 6.32. The second kappa shape index (κ2) is 6.27. The highest BCUT2D eigenvalue weighted by Crippen LogP contribution is 2.30. The van der Waals surface area contributed by atoms with Crippen LogP contribution in [-0.4, -0.2) is 11.2 Å². The Balaban J connectivity index is 2.05. The molecule has 0 aliphatic rings. The smallest absolute Gasteiger partial charge is 0.261 e. The van der Waals surface area contributed by atoms with Crippen LogP contribution in [-0.2, 0) is 12.4 Å². The van der Waals surface area contributed by atoms with E-state index in [9.17, 15) is 26.3 Å². The van der Waals surface area contributed by atoms with Crippen molar-refractivity contribution >= 4 is 12.0 Å². The van der Waals surface area contributed by atoms with Crippen LogP contribution in [0.4, 0.5) is 32.2 Å². The molecule has 2 aromatic rings. The first-order chi connectivity index (χ1) is 10.7. The Labute approximate surface area is 126 Å². The Kier molecular flexibility index (Phi) is 4.57. The quantitative estimate of drug-likeness (QED) is 0.508. The fourth-order valence-electron chi connectivity index (χ4n) is 1.60. The molecule has 1 aromatic carbocycles. The Morgan fingerprint density at radius 3 is 2.17 bits per heavy atom. The molecule has 0 fully saturated rings. The summed E-state index contributed by atoms with van der Waals surface area (Å²) in [7, 11) is 0. The van der Waals surface area contributed by atoms with Gasteiger partial charge in [0, 0.05) is 6.20 Å². The Bertz CT molecular complexity index is 689. The van der Waals surface area contributed by atoms with Crippen LogP contribution in [0.2, 0.25) is 0 Å². The summed E-state index contributed by atoms with van der Waals surface area (Å²) in [5, 5.41) is 3.64. The Morgan fingerprint density at radius 1 is 0.913 bits per heavy atom. The van der Waals surface area contributed by atoms with Gasteiger partial charge in [0.1, 0.15) is 5.82 Å². The number of hydrazone groups is 1. The van der Waals surface area contributed by atoms with Gasteiger partial charge in [-0.15, -0.1) is 0 Å². The summed E-state index contributed by atoms with van der Waals surface area (Å²) in [6.45, 7) is 0. The van der Waals surface area contributed by atoms with Gasteiger partial charge in [-0.1, -0.05) is 12.1 Å². The van der Waals surface area contributed by atoms with E-state index in [1.165, 1.54) is 12.1 Å². The van der Waals surface area contributed by atoms with Crippen LogP contribution in [0.25, 0.3) is 0 Å². The van der Waals surface area contributed by atoms with Gasteiger partial charge in [-0.2, -0.15) is 31.4 Å². The third-order valence-corrected chi connectivity index (χ3v) is 2.70. The van der Waals surface area contributed by atoms with Crippen molar-refractivity contribution in [3.05, 3.63) is 59.3 Å². The number of hydrogen-bond donors (Lipinski definition) is 1. The molecule has 23 heavy (non-hydrogen) atoms. The number of rotatable bonds is 3. The minimum absolute atomic E-state index is 0.0289. The van der Waals surface area contributed by atoms with Gasteiger partial charge >= 0.3 is 12.4 Å². The van der Waals surface area contributed by atoms with Gasteiger partial charge in [0.05, 0.1) is 17.3 Å². The minimum atomic E-state index is -4.49. The zero-order chi connectivity index (χ0) is 17.1. The first kappa shape index (κ1) is 16.8. The van der Waals surface area contributed by atoms with Gasteiger partial charge in [0.25, 0.3) is 0 Å². The summed E-state index contributed by atoms with van der Waals surface area (Å²) in [4.78, 5) is 3.51. The summed E-state index contributed by atoms with van der Waals surface area (Å²) in [5.41, 5.74) is 0.783. The molecule has 0 unspecified atom stereocenters. The average Bonchev–Trinajstić information content (AvgIpc) is 2.46. The summed E-state index contributed by atoms with van der Waals surface area (Å²) < 4.78 is 74.6. The van der Waals surface area contributed by atoms with Gasteiger partial charge in [0.2, 0.25) is 0 Å². The molecular weight excluding hydrogens is 324 g/mol. The van der Waals surface area contributed by atoms with E-state index >= 15 is 0 Å². The van der Waals surface area contributed by atoms with Crippen LogP contribution < -0.4 is 5.43 Å². The molecule has 1 heterocycles. The summed E-state index contributed by atoms with van der Waals surface area (Å²) in [5.74, 6) is 0.0289. The largest absolute Gasteiger partial charge is 0.417 e. The van der Waals surface area contributed by atoms with Crippen molar-refractivity contribution in [1.29, 1.82) is 0 Å². The molecule has 3 nitrogen and oxygen atoms in total. The topological polar surface area (TPSA) is 37.3 Å². The van der Waals surface area contributed by atoms with Gasteiger partial charge in [-0.3, -0.25) is 5.43 Å². The molecule has 0 aliphatic carbocycles. The molecule has 9 heteroatoms. The van der Waals surface area contributed by atoms with Crippen molar-refractivity contribution in [1.82, 2.24) is 4.98 Å². The molecule has 0 saturated carbocycles. The standard InChI is InChI=1S/C14H9F6N3/c15-13(16,17)10-3-1-2-9(6-10)7-22-23-12-5-4-11(8-21-12)14(18,19)20/h1-8H,(H,21,23). The van der Waals surface area contributed by atoms with Gasteiger partial charge < -0.3 is 0 Å². The lowest BCUT2D eigenvalue weighted by atomic mass is 10.1. The van der Waals surface area contributed by atoms with E-state index in [1.807, 2.05) is 0 Å². The van der Waals surface area contributed by atoms with Crippen LogP contribution in [0.1, 0.15) is 16.7 Å². The molecule has 1 aromatic heterocycles. The predicted octanol–water partition coefficient (Wildman–Crippen LogP) is 4.57. The van der Waals surface area contributed by atoms with Gasteiger partial charge in [-0.25, -0.2) is 4.98 Å². The van der Waals surface area contributed by atoms with Crippen molar-refractivity contribution in [2.45, 2.75) is 12.4 Å². The lowest BCUT2D eigenvalue weighted by molar-refractivity contribution is -0.138. The van der Waals surface area contributed by atoms with Crippen molar-refractivity contribution in [3.8, 4) is 0 Å². The van der Waals surface area contributed by atoms with E-state index in [4.69, 9.17) is 0 Å². The first-order valence-electron chi connectivity index (χ1n) is 6.16. The molecule has 2 rings (SSSR count).